The average Bonchev–Trinajstić information content (AvgIpc) is 3.12. The number of halogens is 1. The van der Waals surface area contributed by atoms with E-state index >= 15 is 0 Å². The number of fused-ring (bicyclic) bond motifs is 4. The van der Waals surface area contributed by atoms with Gasteiger partial charge in [-0.25, -0.2) is 0 Å². The van der Waals surface area contributed by atoms with E-state index in [1.807, 2.05) is 18.5 Å². The van der Waals surface area contributed by atoms with E-state index in [4.69, 9.17) is 11.6 Å². The highest BCUT2D eigenvalue weighted by Crippen LogP contribution is 2.57. The maximum atomic E-state index is 6.78. The molecule has 5 aromatic rings. The summed E-state index contributed by atoms with van der Waals surface area (Å²) in [5.41, 5.74) is 6.86. The Morgan fingerprint density at radius 1 is 0.633 bits per heavy atom. The first-order valence-corrected chi connectivity index (χ1v) is 10.5. The highest BCUT2D eigenvalue weighted by Gasteiger charge is 2.46. The lowest BCUT2D eigenvalue weighted by Crippen LogP contribution is -2.28. The van der Waals surface area contributed by atoms with Crippen LogP contribution in [-0.2, 0) is 5.41 Å². The first kappa shape index (κ1) is 17.4. The Hall–Kier alpha value is -3.42. The Kier molecular flexibility index (Phi) is 3.81. The van der Waals surface area contributed by atoms with Gasteiger partial charge in [-0.15, -0.1) is 0 Å². The molecule has 0 saturated heterocycles. The van der Waals surface area contributed by atoms with Gasteiger partial charge in [0.05, 0.1) is 5.41 Å². The van der Waals surface area contributed by atoms with Crippen molar-refractivity contribution in [2.45, 2.75) is 5.41 Å². The molecule has 0 radical (unpaired) electrons. The molecule has 0 bridgehead atoms. The van der Waals surface area contributed by atoms with Gasteiger partial charge in [0.2, 0.25) is 0 Å². The summed E-state index contributed by atoms with van der Waals surface area (Å²) < 4.78 is 0. The summed E-state index contributed by atoms with van der Waals surface area (Å²) in [5, 5.41) is 3.12. The lowest BCUT2D eigenvalue weighted by atomic mass is 9.67. The number of hydrogen-bond acceptors (Lipinski definition) is 1. The number of hydrogen-bond donors (Lipinski definition) is 0. The molecule has 0 saturated carbocycles. The van der Waals surface area contributed by atoms with Crippen LogP contribution in [0.15, 0.2) is 109 Å². The van der Waals surface area contributed by atoms with Crippen LogP contribution in [0.2, 0.25) is 5.02 Å². The molecule has 1 aliphatic carbocycles. The van der Waals surface area contributed by atoms with Crippen molar-refractivity contribution in [3.8, 4) is 11.1 Å². The summed E-state index contributed by atoms with van der Waals surface area (Å²) in [7, 11) is 0. The molecule has 4 aromatic carbocycles. The van der Waals surface area contributed by atoms with Crippen LogP contribution in [0.1, 0.15) is 22.3 Å². The first-order valence-electron chi connectivity index (χ1n) is 10.1. The molecule has 6 rings (SSSR count). The molecule has 1 nitrogen and oxygen atoms in total. The molecule has 1 unspecified atom stereocenters. The second-order valence-electron chi connectivity index (χ2n) is 7.76. The predicted octanol–water partition coefficient (Wildman–Crippen LogP) is 7.25. The molecule has 0 spiro atoms. The molecule has 142 valence electrons. The van der Waals surface area contributed by atoms with Gasteiger partial charge in [0.1, 0.15) is 0 Å². The molecule has 0 fully saturated rings. The van der Waals surface area contributed by atoms with Gasteiger partial charge in [-0.2, -0.15) is 0 Å². The number of aromatic nitrogens is 1. The van der Waals surface area contributed by atoms with Gasteiger partial charge in [0.25, 0.3) is 0 Å². The Labute approximate surface area is 180 Å². The van der Waals surface area contributed by atoms with Crippen LogP contribution >= 0.6 is 11.6 Å². The zero-order valence-electron chi connectivity index (χ0n) is 16.2. The first-order chi connectivity index (χ1) is 14.8. The minimum Gasteiger partial charge on any atom is -0.264 e. The molecule has 30 heavy (non-hydrogen) atoms. The minimum absolute atomic E-state index is 0.428. The Morgan fingerprint density at radius 3 is 2.33 bits per heavy atom. The lowest BCUT2D eigenvalue weighted by Gasteiger charge is -2.34. The molecule has 1 heterocycles. The molecule has 2 heteroatoms. The van der Waals surface area contributed by atoms with Crippen molar-refractivity contribution in [2.75, 3.05) is 0 Å². The van der Waals surface area contributed by atoms with E-state index in [1.54, 1.807) is 0 Å². The second-order valence-corrected chi connectivity index (χ2v) is 8.17. The summed E-state index contributed by atoms with van der Waals surface area (Å²) >= 11 is 6.78. The minimum atomic E-state index is -0.428. The van der Waals surface area contributed by atoms with E-state index in [0.29, 0.717) is 0 Å². The number of pyridine rings is 1. The zero-order chi connectivity index (χ0) is 20.1. The van der Waals surface area contributed by atoms with Gasteiger partial charge in [0, 0.05) is 28.4 Å². The third-order valence-electron chi connectivity index (χ3n) is 6.30. The summed E-state index contributed by atoms with van der Waals surface area (Å²) in [4.78, 5) is 4.36. The van der Waals surface area contributed by atoms with Crippen LogP contribution in [0.3, 0.4) is 0 Å². The highest BCUT2D eigenvalue weighted by atomic mass is 35.5. The van der Waals surface area contributed by atoms with Gasteiger partial charge in [-0.05, 0) is 51.4 Å². The van der Waals surface area contributed by atoms with Crippen molar-refractivity contribution in [1.29, 1.82) is 0 Å². The fourth-order valence-electron chi connectivity index (χ4n) is 5.08. The van der Waals surface area contributed by atoms with Crippen molar-refractivity contribution < 1.29 is 0 Å². The highest BCUT2D eigenvalue weighted by molar-refractivity contribution is 6.34. The fraction of sp³-hybridized carbons (Fsp3) is 0.0357. The summed E-state index contributed by atoms with van der Waals surface area (Å²) in [6.07, 6.45) is 3.78. The third-order valence-corrected chi connectivity index (χ3v) is 6.61. The summed E-state index contributed by atoms with van der Waals surface area (Å²) in [5.74, 6) is 0. The van der Waals surface area contributed by atoms with Crippen LogP contribution in [-0.4, -0.2) is 4.98 Å². The van der Waals surface area contributed by atoms with E-state index in [2.05, 4.69) is 96.0 Å². The Bertz CT molecular complexity index is 1410. The molecule has 1 aromatic heterocycles. The van der Waals surface area contributed by atoms with Crippen molar-refractivity contribution >= 4 is 22.4 Å². The molecule has 0 amide bonds. The average molecular weight is 404 g/mol. The summed E-state index contributed by atoms with van der Waals surface area (Å²) in [6.45, 7) is 0. The SMILES string of the molecule is Clc1cccc2c1-c1ccccc1C2(c1ccccc1)c1ccc2ccncc2c1. The Balaban J connectivity index is 1.81. The van der Waals surface area contributed by atoms with Crippen molar-refractivity contribution in [3.63, 3.8) is 0 Å². The van der Waals surface area contributed by atoms with Gasteiger partial charge < -0.3 is 0 Å². The maximum Gasteiger partial charge on any atom is 0.0714 e. The molecule has 0 N–H and O–H groups in total. The number of nitrogens with zero attached hydrogens (tertiary/aromatic N) is 1. The van der Waals surface area contributed by atoms with Crippen LogP contribution in [0.4, 0.5) is 0 Å². The van der Waals surface area contributed by atoms with Gasteiger partial charge in [-0.3, -0.25) is 4.98 Å². The molecule has 0 aliphatic heterocycles. The second kappa shape index (κ2) is 6.55. The van der Waals surface area contributed by atoms with E-state index in [-0.39, 0.29) is 0 Å². The predicted molar refractivity (Wildman–Crippen MR) is 124 cm³/mol. The van der Waals surface area contributed by atoms with E-state index < -0.39 is 5.41 Å². The Morgan fingerprint density at radius 2 is 1.43 bits per heavy atom. The summed E-state index contributed by atoms with van der Waals surface area (Å²) in [6, 6.07) is 34.5. The molecule has 1 aliphatic rings. The van der Waals surface area contributed by atoms with Crippen molar-refractivity contribution in [2.24, 2.45) is 0 Å². The van der Waals surface area contributed by atoms with Gasteiger partial charge in [0.15, 0.2) is 0 Å². The van der Waals surface area contributed by atoms with Crippen LogP contribution in [0, 0.1) is 0 Å². The van der Waals surface area contributed by atoms with E-state index in [0.717, 1.165) is 16.0 Å². The number of benzene rings is 4. The molecular weight excluding hydrogens is 386 g/mol. The monoisotopic (exact) mass is 403 g/mol. The van der Waals surface area contributed by atoms with Crippen LogP contribution in [0.5, 0.6) is 0 Å². The van der Waals surface area contributed by atoms with Gasteiger partial charge >= 0.3 is 0 Å². The largest absolute Gasteiger partial charge is 0.264 e. The topological polar surface area (TPSA) is 12.9 Å². The quantitative estimate of drug-likeness (QED) is 0.296. The number of rotatable bonds is 2. The third kappa shape index (κ3) is 2.27. The maximum absolute atomic E-state index is 6.78. The zero-order valence-corrected chi connectivity index (χ0v) is 17.0. The fourth-order valence-corrected chi connectivity index (χ4v) is 5.36. The van der Waals surface area contributed by atoms with Crippen LogP contribution in [0.25, 0.3) is 21.9 Å². The normalized spacial score (nSPS) is 17.0. The smallest absolute Gasteiger partial charge is 0.0714 e. The van der Waals surface area contributed by atoms with E-state index in [9.17, 15) is 0 Å². The van der Waals surface area contributed by atoms with Crippen molar-refractivity contribution in [1.82, 2.24) is 4.98 Å². The van der Waals surface area contributed by atoms with Crippen LogP contribution < -0.4 is 0 Å². The standard InChI is InChI=1S/C28H18ClN/c29-26-12-6-11-25-27(26)23-9-4-5-10-24(23)28(25,21-7-2-1-3-8-21)22-14-13-19-15-16-30-18-20(19)17-22/h1-18H. The van der Waals surface area contributed by atoms with Gasteiger partial charge in [-0.1, -0.05) is 90.5 Å². The molecular formula is C28H18ClN. The van der Waals surface area contributed by atoms with E-state index in [1.165, 1.54) is 33.2 Å². The molecule has 1 atom stereocenters. The lowest BCUT2D eigenvalue weighted by molar-refractivity contribution is 0.770. The van der Waals surface area contributed by atoms with Crippen molar-refractivity contribution in [3.05, 3.63) is 137 Å².